The third kappa shape index (κ3) is 4.46. The molecule has 0 bridgehead atoms. The number of carboxylic acids is 1. The number of rotatable bonds is 3. The summed E-state index contributed by atoms with van der Waals surface area (Å²) in [6, 6.07) is 5.34. The fourth-order valence-corrected chi connectivity index (χ4v) is 2.97. The first kappa shape index (κ1) is 15.8. The minimum Gasteiger partial charge on any atom is -0.481 e. The molecule has 0 aromatic heterocycles. The first-order valence-electron chi connectivity index (χ1n) is 7.02. The summed E-state index contributed by atoms with van der Waals surface area (Å²) in [5.41, 5.74) is 1.76. The van der Waals surface area contributed by atoms with Crippen LogP contribution < -0.4 is 10.6 Å². The van der Waals surface area contributed by atoms with Gasteiger partial charge in [-0.2, -0.15) is 0 Å². The number of urea groups is 1. The summed E-state index contributed by atoms with van der Waals surface area (Å²) in [6.07, 6.45) is 2.85. The summed E-state index contributed by atoms with van der Waals surface area (Å²) in [5.74, 6) is -1.13. The molecule has 0 aliphatic heterocycles. The number of amides is 2. The highest BCUT2D eigenvalue weighted by molar-refractivity contribution is 9.10. The van der Waals surface area contributed by atoms with Crippen LogP contribution in [0, 0.1) is 12.8 Å². The Hall–Kier alpha value is -1.56. The number of benzene rings is 1. The highest BCUT2D eigenvalue weighted by atomic mass is 79.9. The van der Waals surface area contributed by atoms with Crippen LogP contribution in [0.5, 0.6) is 0 Å². The molecule has 0 saturated heterocycles. The molecular formula is C15H19BrN2O3. The SMILES string of the molecule is Cc1ccc(Br)c(NC(=O)NC2CCCC(C(=O)O)C2)c1. The third-order valence-electron chi connectivity index (χ3n) is 3.73. The molecule has 2 rings (SSSR count). The summed E-state index contributed by atoms with van der Waals surface area (Å²) < 4.78 is 0.815. The number of nitrogens with one attached hydrogen (secondary N) is 2. The van der Waals surface area contributed by atoms with Gasteiger partial charge in [0.2, 0.25) is 0 Å². The Morgan fingerprint density at radius 3 is 2.81 bits per heavy atom. The number of carboxylic acid groups (broad SMARTS) is 1. The van der Waals surface area contributed by atoms with Crippen molar-refractivity contribution in [2.75, 3.05) is 5.32 Å². The summed E-state index contributed by atoms with van der Waals surface area (Å²) in [7, 11) is 0. The van der Waals surface area contributed by atoms with Crippen molar-refractivity contribution < 1.29 is 14.7 Å². The molecule has 3 N–H and O–H groups in total. The van der Waals surface area contributed by atoms with Crippen molar-refractivity contribution in [1.29, 1.82) is 0 Å². The number of aliphatic carboxylic acids is 1. The zero-order valence-electron chi connectivity index (χ0n) is 11.9. The highest BCUT2D eigenvalue weighted by Gasteiger charge is 2.27. The lowest BCUT2D eigenvalue weighted by Crippen LogP contribution is -2.42. The van der Waals surface area contributed by atoms with Crippen molar-refractivity contribution in [1.82, 2.24) is 5.32 Å². The Morgan fingerprint density at radius 1 is 1.33 bits per heavy atom. The number of anilines is 1. The Labute approximate surface area is 132 Å². The largest absolute Gasteiger partial charge is 0.481 e. The lowest BCUT2D eigenvalue weighted by molar-refractivity contribution is -0.143. The number of aryl methyl sites for hydroxylation is 1. The summed E-state index contributed by atoms with van der Waals surface area (Å²) in [5, 5.41) is 14.7. The van der Waals surface area contributed by atoms with Crippen molar-refractivity contribution in [3.05, 3.63) is 28.2 Å². The molecule has 21 heavy (non-hydrogen) atoms. The standard InChI is InChI=1S/C15H19BrN2O3/c1-9-5-6-12(16)13(7-9)18-15(21)17-11-4-2-3-10(8-11)14(19)20/h5-7,10-11H,2-4,8H2,1H3,(H,19,20)(H2,17,18,21). The monoisotopic (exact) mass is 354 g/mol. The second-order valence-electron chi connectivity index (χ2n) is 5.48. The van der Waals surface area contributed by atoms with Gasteiger partial charge in [-0.15, -0.1) is 0 Å². The fraction of sp³-hybridized carbons (Fsp3) is 0.467. The van der Waals surface area contributed by atoms with Gasteiger partial charge in [0.1, 0.15) is 0 Å². The van der Waals surface area contributed by atoms with Gasteiger partial charge in [-0.3, -0.25) is 4.79 Å². The van der Waals surface area contributed by atoms with E-state index in [0.717, 1.165) is 22.9 Å². The van der Waals surface area contributed by atoms with Gasteiger partial charge in [0.05, 0.1) is 11.6 Å². The van der Waals surface area contributed by atoms with Crippen LogP contribution >= 0.6 is 15.9 Å². The summed E-state index contributed by atoms with van der Waals surface area (Å²) in [6.45, 7) is 1.95. The molecule has 1 fully saturated rings. The van der Waals surface area contributed by atoms with E-state index in [1.807, 2.05) is 25.1 Å². The van der Waals surface area contributed by atoms with Gasteiger partial charge in [0, 0.05) is 10.5 Å². The Balaban J connectivity index is 1.92. The number of carbonyl (C=O) groups excluding carboxylic acids is 1. The van der Waals surface area contributed by atoms with E-state index in [4.69, 9.17) is 5.11 Å². The molecule has 0 heterocycles. The second-order valence-corrected chi connectivity index (χ2v) is 6.33. The molecule has 2 unspecified atom stereocenters. The molecule has 5 nitrogen and oxygen atoms in total. The first-order chi connectivity index (χ1) is 9.95. The molecule has 1 aliphatic carbocycles. The van der Waals surface area contributed by atoms with Gasteiger partial charge in [-0.1, -0.05) is 12.5 Å². The Morgan fingerprint density at radius 2 is 2.10 bits per heavy atom. The zero-order chi connectivity index (χ0) is 15.4. The van der Waals surface area contributed by atoms with Gasteiger partial charge < -0.3 is 15.7 Å². The zero-order valence-corrected chi connectivity index (χ0v) is 13.4. The van der Waals surface area contributed by atoms with E-state index in [1.165, 1.54) is 0 Å². The normalized spacial score (nSPS) is 21.6. The van der Waals surface area contributed by atoms with Gasteiger partial charge in [-0.05, 0) is 59.8 Å². The summed E-state index contributed by atoms with van der Waals surface area (Å²) in [4.78, 5) is 23.1. The van der Waals surface area contributed by atoms with Crippen LogP contribution in [0.1, 0.15) is 31.2 Å². The van der Waals surface area contributed by atoms with E-state index >= 15 is 0 Å². The van der Waals surface area contributed by atoms with Crippen LogP contribution in [0.2, 0.25) is 0 Å². The van der Waals surface area contributed by atoms with Gasteiger partial charge >= 0.3 is 12.0 Å². The maximum Gasteiger partial charge on any atom is 0.319 e. The number of hydrogen-bond donors (Lipinski definition) is 3. The minimum atomic E-state index is -0.775. The van der Waals surface area contributed by atoms with Crippen LogP contribution in [0.4, 0.5) is 10.5 Å². The molecule has 2 atom stereocenters. The van der Waals surface area contributed by atoms with E-state index in [9.17, 15) is 9.59 Å². The molecule has 0 spiro atoms. The van der Waals surface area contributed by atoms with E-state index in [1.54, 1.807) is 0 Å². The van der Waals surface area contributed by atoms with E-state index in [0.29, 0.717) is 18.5 Å². The van der Waals surface area contributed by atoms with Crippen molar-refractivity contribution in [3.8, 4) is 0 Å². The topological polar surface area (TPSA) is 78.4 Å². The fourth-order valence-electron chi connectivity index (χ4n) is 2.62. The van der Waals surface area contributed by atoms with E-state index in [-0.39, 0.29) is 18.0 Å². The highest BCUT2D eigenvalue weighted by Crippen LogP contribution is 2.25. The molecular weight excluding hydrogens is 336 g/mol. The van der Waals surface area contributed by atoms with Crippen LogP contribution in [0.25, 0.3) is 0 Å². The molecule has 2 amide bonds. The van der Waals surface area contributed by atoms with E-state index in [2.05, 4.69) is 26.6 Å². The van der Waals surface area contributed by atoms with Crippen molar-refractivity contribution in [2.45, 2.75) is 38.6 Å². The van der Waals surface area contributed by atoms with Crippen molar-refractivity contribution in [2.24, 2.45) is 5.92 Å². The first-order valence-corrected chi connectivity index (χ1v) is 7.81. The lowest BCUT2D eigenvalue weighted by atomic mass is 9.86. The van der Waals surface area contributed by atoms with Crippen LogP contribution in [0.3, 0.4) is 0 Å². The number of hydrogen-bond acceptors (Lipinski definition) is 2. The van der Waals surface area contributed by atoms with Crippen LogP contribution in [0.15, 0.2) is 22.7 Å². The summed E-state index contributed by atoms with van der Waals surface area (Å²) >= 11 is 3.39. The van der Waals surface area contributed by atoms with E-state index < -0.39 is 5.97 Å². The maximum atomic E-state index is 12.0. The van der Waals surface area contributed by atoms with Gasteiger partial charge in [-0.25, -0.2) is 4.79 Å². The Kier molecular flexibility index (Phi) is 5.22. The smallest absolute Gasteiger partial charge is 0.319 e. The maximum absolute atomic E-state index is 12.0. The number of halogens is 1. The average molecular weight is 355 g/mol. The number of carbonyl (C=O) groups is 2. The third-order valence-corrected chi connectivity index (χ3v) is 4.42. The van der Waals surface area contributed by atoms with Gasteiger partial charge in [0.25, 0.3) is 0 Å². The predicted molar refractivity (Wildman–Crippen MR) is 84.4 cm³/mol. The van der Waals surface area contributed by atoms with Gasteiger partial charge in [0.15, 0.2) is 0 Å². The van der Waals surface area contributed by atoms with Crippen LogP contribution in [-0.4, -0.2) is 23.1 Å². The predicted octanol–water partition coefficient (Wildman–Crippen LogP) is 3.52. The minimum absolute atomic E-state index is 0.0802. The average Bonchev–Trinajstić information content (AvgIpc) is 2.43. The van der Waals surface area contributed by atoms with Crippen molar-refractivity contribution in [3.63, 3.8) is 0 Å². The quantitative estimate of drug-likeness (QED) is 0.776. The molecule has 1 aromatic carbocycles. The molecule has 1 aromatic rings. The Bertz CT molecular complexity index is 548. The molecule has 1 aliphatic rings. The van der Waals surface area contributed by atoms with Crippen molar-refractivity contribution >= 4 is 33.6 Å². The lowest BCUT2D eigenvalue weighted by Gasteiger charge is -2.27. The molecule has 6 heteroatoms. The molecule has 0 radical (unpaired) electrons. The molecule has 114 valence electrons. The van der Waals surface area contributed by atoms with Crippen LogP contribution in [-0.2, 0) is 4.79 Å². The molecule has 1 saturated carbocycles. The second kappa shape index (κ2) is 6.93.